The van der Waals surface area contributed by atoms with Crippen molar-refractivity contribution in [1.29, 1.82) is 0 Å². The summed E-state index contributed by atoms with van der Waals surface area (Å²) >= 11 is 7.06. The smallest absolute Gasteiger partial charge is 0.240 e. The van der Waals surface area contributed by atoms with E-state index in [1.54, 1.807) is 0 Å². The second-order valence-electron chi connectivity index (χ2n) is 18.3. The van der Waals surface area contributed by atoms with Crippen LogP contribution in [0.1, 0.15) is 86.5 Å². The molecule has 0 amide bonds. The van der Waals surface area contributed by atoms with Gasteiger partial charge in [-0.1, -0.05) is 72.8 Å². The largest absolute Gasteiger partial charge is 0.278 e. The molecule has 3 heterocycles. The lowest BCUT2D eigenvalue weighted by molar-refractivity contribution is -0.0419. The lowest BCUT2D eigenvalue weighted by Crippen LogP contribution is -2.57. The zero-order valence-corrected chi connectivity index (χ0v) is 30.8. The molecule has 53 heavy (non-hydrogen) atoms. The Labute approximate surface area is 316 Å². The molecular formula is C47H44ClN5. The van der Waals surface area contributed by atoms with E-state index < -0.39 is 0 Å². The van der Waals surface area contributed by atoms with Crippen LogP contribution in [0.5, 0.6) is 0 Å². The summed E-state index contributed by atoms with van der Waals surface area (Å²) in [5, 5.41) is 0.222. The van der Waals surface area contributed by atoms with Crippen molar-refractivity contribution >= 4 is 46.2 Å². The SMILES string of the molecule is Clc1nc(N2c3ccccc3C3(c4ccccc42)C2CC4CC(C2)CC3C4)nc(N2c3ccccc3C3(c4ccccc42)C2CC4CC(C2)CC3C4)n1. The van der Waals surface area contributed by atoms with Gasteiger partial charge in [0.05, 0.1) is 22.7 Å². The summed E-state index contributed by atoms with van der Waals surface area (Å²) in [4.78, 5) is 20.0. The Kier molecular flexibility index (Phi) is 5.97. The van der Waals surface area contributed by atoms with Gasteiger partial charge in [-0.2, -0.15) is 15.0 Å². The van der Waals surface area contributed by atoms with E-state index in [4.69, 9.17) is 26.6 Å². The second kappa shape index (κ2) is 10.5. The summed E-state index contributed by atoms with van der Waals surface area (Å²) in [5.41, 5.74) is 10.6. The minimum Gasteiger partial charge on any atom is -0.278 e. The van der Waals surface area contributed by atoms with Crippen LogP contribution in [-0.4, -0.2) is 15.0 Å². The van der Waals surface area contributed by atoms with Gasteiger partial charge in [0.15, 0.2) is 0 Å². The summed E-state index contributed by atoms with van der Waals surface area (Å²) in [5.74, 6) is 7.39. The first-order valence-electron chi connectivity index (χ1n) is 20.5. The Balaban J connectivity index is 1.00. The number of halogens is 1. The van der Waals surface area contributed by atoms with E-state index in [2.05, 4.69) is 107 Å². The minimum atomic E-state index is 0.0223. The van der Waals surface area contributed by atoms with Crippen molar-refractivity contribution in [2.75, 3.05) is 9.80 Å². The first-order chi connectivity index (χ1) is 26.1. The van der Waals surface area contributed by atoms with Crippen LogP contribution in [0.15, 0.2) is 97.1 Å². The quantitative estimate of drug-likeness (QED) is 0.182. The highest BCUT2D eigenvalue weighted by molar-refractivity contribution is 6.28. The molecule has 8 saturated carbocycles. The third kappa shape index (κ3) is 3.73. The van der Waals surface area contributed by atoms with Crippen molar-refractivity contribution in [3.8, 4) is 0 Å². The third-order valence-corrected chi connectivity index (χ3v) is 16.4. The average molecular weight is 714 g/mol. The van der Waals surface area contributed by atoms with Crippen LogP contribution in [0.3, 0.4) is 0 Å². The van der Waals surface area contributed by atoms with Gasteiger partial charge < -0.3 is 0 Å². The highest BCUT2D eigenvalue weighted by Crippen LogP contribution is 2.71. The number of para-hydroxylation sites is 4. The van der Waals surface area contributed by atoms with Crippen molar-refractivity contribution in [2.45, 2.75) is 75.0 Å². The molecule has 6 heteroatoms. The fourth-order valence-corrected chi connectivity index (χ4v) is 15.3. The van der Waals surface area contributed by atoms with Crippen LogP contribution in [0.4, 0.5) is 34.6 Å². The van der Waals surface area contributed by atoms with Crippen molar-refractivity contribution in [3.63, 3.8) is 0 Å². The molecule has 2 spiro atoms. The number of anilines is 6. The van der Waals surface area contributed by atoms with Gasteiger partial charge in [-0.05, 0) is 170 Å². The molecule has 8 bridgehead atoms. The normalized spacial score (nSPS) is 32.5. The number of hydrogen-bond donors (Lipinski definition) is 0. The van der Waals surface area contributed by atoms with E-state index in [0.717, 1.165) is 23.7 Å². The van der Waals surface area contributed by atoms with Gasteiger partial charge in [0.2, 0.25) is 17.2 Å². The molecule has 4 aromatic carbocycles. The van der Waals surface area contributed by atoms with E-state index in [0.29, 0.717) is 35.6 Å². The molecule has 10 aliphatic rings. The Bertz CT molecular complexity index is 2040. The Morgan fingerprint density at radius 2 is 0.679 bits per heavy atom. The summed E-state index contributed by atoms with van der Waals surface area (Å²) in [7, 11) is 0. The molecule has 2 aliphatic heterocycles. The molecule has 8 fully saturated rings. The molecular weight excluding hydrogens is 670 g/mol. The Morgan fingerprint density at radius 3 is 0.981 bits per heavy atom. The summed E-state index contributed by atoms with van der Waals surface area (Å²) in [6.45, 7) is 0. The van der Waals surface area contributed by atoms with Crippen molar-refractivity contribution < 1.29 is 0 Å². The van der Waals surface area contributed by atoms with Crippen LogP contribution in [-0.2, 0) is 10.8 Å². The maximum absolute atomic E-state index is 7.06. The molecule has 0 atom stereocenters. The van der Waals surface area contributed by atoms with Crippen molar-refractivity contribution in [3.05, 3.63) is 125 Å². The number of aromatic nitrogens is 3. The topological polar surface area (TPSA) is 45.2 Å². The Morgan fingerprint density at radius 1 is 0.396 bits per heavy atom. The Hall–Kier alpha value is -4.22. The molecule has 264 valence electrons. The van der Waals surface area contributed by atoms with Gasteiger partial charge >= 0.3 is 0 Å². The van der Waals surface area contributed by atoms with Crippen LogP contribution >= 0.6 is 11.6 Å². The standard InChI is InChI=1S/C47H44ClN5/c48-43-49-44(52-39-13-5-1-9-35(39)46(36-10-2-6-14-40(36)52)31-19-27-17-28(21-31)22-32(46)20-27)51-45(50-43)53-41-15-7-3-11-37(41)47(38-12-4-8-16-42(38)53)33-23-29-18-30(25-33)26-34(47)24-29/h1-16,27-34H,17-26H2. The van der Waals surface area contributed by atoms with Gasteiger partial charge in [0, 0.05) is 10.8 Å². The molecule has 15 rings (SSSR count). The zero-order valence-electron chi connectivity index (χ0n) is 30.0. The van der Waals surface area contributed by atoms with E-state index in [1.165, 1.54) is 109 Å². The second-order valence-corrected chi connectivity index (χ2v) is 18.6. The molecule has 0 radical (unpaired) electrons. The van der Waals surface area contributed by atoms with Gasteiger partial charge in [0.1, 0.15) is 0 Å². The maximum atomic E-state index is 7.06. The molecule has 0 N–H and O–H groups in total. The van der Waals surface area contributed by atoms with Crippen molar-refractivity contribution in [1.82, 2.24) is 15.0 Å². The highest BCUT2D eigenvalue weighted by atomic mass is 35.5. The van der Waals surface area contributed by atoms with E-state index in [9.17, 15) is 0 Å². The number of nitrogens with zero attached hydrogens (tertiary/aromatic N) is 5. The van der Waals surface area contributed by atoms with Gasteiger partial charge in [-0.3, -0.25) is 9.80 Å². The minimum absolute atomic E-state index is 0.0223. The predicted octanol–water partition coefficient (Wildman–Crippen LogP) is 11.6. The maximum Gasteiger partial charge on any atom is 0.240 e. The highest BCUT2D eigenvalue weighted by Gasteiger charge is 2.63. The van der Waals surface area contributed by atoms with Crippen molar-refractivity contribution in [2.24, 2.45) is 47.3 Å². The van der Waals surface area contributed by atoms with Gasteiger partial charge in [0.25, 0.3) is 0 Å². The molecule has 8 aliphatic carbocycles. The third-order valence-electron chi connectivity index (χ3n) is 16.2. The van der Waals surface area contributed by atoms with Crippen LogP contribution in [0, 0.1) is 47.3 Å². The van der Waals surface area contributed by atoms with Gasteiger partial charge in [-0.25, -0.2) is 0 Å². The lowest BCUT2D eigenvalue weighted by atomic mass is 9.41. The molecule has 1 aromatic heterocycles. The number of hydrogen-bond acceptors (Lipinski definition) is 5. The fourth-order valence-electron chi connectivity index (χ4n) is 15.2. The van der Waals surface area contributed by atoms with E-state index in [-0.39, 0.29) is 16.1 Å². The summed E-state index contributed by atoms with van der Waals surface area (Å²) in [6.07, 6.45) is 13.6. The van der Waals surface area contributed by atoms with Crippen LogP contribution in [0.25, 0.3) is 0 Å². The monoisotopic (exact) mass is 713 g/mol. The fraction of sp³-hybridized carbons (Fsp3) is 0.426. The summed E-state index contributed by atoms with van der Waals surface area (Å²) in [6, 6.07) is 36.7. The molecule has 0 saturated heterocycles. The first-order valence-corrected chi connectivity index (χ1v) is 20.9. The average Bonchev–Trinajstić information content (AvgIpc) is 3.17. The molecule has 5 aromatic rings. The van der Waals surface area contributed by atoms with Crippen LogP contribution in [0.2, 0.25) is 5.28 Å². The van der Waals surface area contributed by atoms with Crippen LogP contribution < -0.4 is 9.80 Å². The zero-order chi connectivity index (χ0) is 34.6. The molecule has 5 nitrogen and oxygen atoms in total. The van der Waals surface area contributed by atoms with E-state index >= 15 is 0 Å². The van der Waals surface area contributed by atoms with Gasteiger partial charge in [-0.15, -0.1) is 0 Å². The number of fused-ring (bicyclic) bond motifs is 4. The number of rotatable bonds is 2. The van der Waals surface area contributed by atoms with E-state index in [1.807, 2.05) is 0 Å². The predicted molar refractivity (Wildman–Crippen MR) is 210 cm³/mol. The number of benzene rings is 4. The summed E-state index contributed by atoms with van der Waals surface area (Å²) < 4.78 is 0. The molecule has 0 unspecified atom stereocenters. The lowest BCUT2D eigenvalue weighted by Gasteiger charge is -2.64. The first kappa shape index (κ1) is 30.1.